The predicted molar refractivity (Wildman–Crippen MR) is 99.0 cm³/mol. The van der Waals surface area contributed by atoms with Gasteiger partial charge >= 0.3 is 5.97 Å². The van der Waals surface area contributed by atoms with Crippen LogP contribution in [0, 0.1) is 0 Å². The molecule has 2 rings (SSSR count). The second-order valence-corrected chi connectivity index (χ2v) is 5.86. The zero-order valence-corrected chi connectivity index (χ0v) is 15.3. The molecule has 0 saturated carbocycles. The summed E-state index contributed by atoms with van der Waals surface area (Å²) >= 11 is 0. The molecular weight excluding hydrogens is 334 g/mol. The van der Waals surface area contributed by atoms with Gasteiger partial charge in [0, 0.05) is 19.7 Å². The lowest BCUT2D eigenvalue weighted by atomic mass is 10.1. The number of carboxylic acids is 1. The Morgan fingerprint density at radius 1 is 1.08 bits per heavy atom. The van der Waals surface area contributed by atoms with Gasteiger partial charge in [0.1, 0.15) is 6.61 Å². The van der Waals surface area contributed by atoms with E-state index in [0.717, 1.165) is 11.1 Å². The Hall–Kier alpha value is -2.57. The van der Waals surface area contributed by atoms with Gasteiger partial charge in [-0.3, -0.25) is 0 Å². The molecule has 2 aromatic rings. The Bertz CT molecular complexity index is 715. The molecule has 2 aromatic carbocycles. The van der Waals surface area contributed by atoms with Crippen LogP contribution in [-0.4, -0.2) is 38.5 Å². The van der Waals surface area contributed by atoms with E-state index in [1.165, 1.54) is 0 Å². The highest BCUT2D eigenvalue weighted by atomic mass is 16.5. The Kier molecular flexibility index (Phi) is 7.44. The number of rotatable bonds is 10. The van der Waals surface area contributed by atoms with Gasteiger partial charge in [0.25, 0.3) is 0 Å². The second kappa shape index (κ2) is 9.79. The third-order valence-electron chi connectivity index (χ3n) is 4.05. The van der Waals surface area contributed by atoms with Gasteiger partial charge in [-0.2, -0.15) is 0 Å². The largest absolute Gasteiger partial charge is 0.493 e. The molecule has 0 spiro atoms. The maximum Gasteiger partial charge on any atom is 0.335 e. The second-order valence-electron chi connectivity index (χ2n) is 5.86. The molecule has 0 fully saturated rings. The molecule has 1 unspecified atom stereocenters. The third-order valence-corrected chi connectivity index (χ3v) is 4.05. The van der Waals surface area contributed by atoms with Crippen LogP contribution >= 0.6 is 0 Å². The third kappa shape index (κ3) is 5.47. The van der Waals surface area contributed by atoms with Crippen molar-refractivity contribution in [1.82, 2.24) is 5.32 Å². The van der Waals surface area contributed by atoms with Gasteiger partial charge in [-0.1, -0.05) is 18.2 Å². The van der Waals surface area contributed by atoms with E-state index in [-0.39, 0.29) is 11.6 Å². The van der Waals surface area contributed by atoms with Gasteiger partial charge in [0.2, 0.25) is 0 Å². The lowest BCUT2D eigenvalue weighted by molar-refractivity contribution is 0.0697. The van der Waals surface area contributed by atoms with Gasteiger partial charge in [-0.25, -0.2) is 4.79 Å². The van der Waals surface area contributed by atoms with Crippen molar-refractivity contribution < 1.29 is 24.1 Å². The van der Waals surface area contributed by atoms with Crippen molar-refractivity contribution >= 4 is 5.97 Å². The molecule has 140 valence electrons. The molecular formula is C20H25NO5. The molecule has 6 nitrogen and oxygen atoms in total. The Morgan fingerprint density at radius 3 is 2.42 bits per heavy atom. The molecule has 0 aliphatic carbocycles. The van der Waals surface area contributed by atoms with E-state index in [2.05, 4.69) is 12.2 Å². The summed E-state index contributed by atoms with van der Waals surface area (Å²) in [6.45, 7) is 3.68. The van der Waals surface area contributed by atoms with Crippen molar-refractivity contribution in [2.45, 2.75) is 19.5 Å². The fourth-order valence-electron chi connectivity index (χ4n) is 2.46. The van der Waals surface area contributed by atoms with Crippen LogP contribution in [0.4, 0.5) is 0 Å². The van der Waals surface area contributed by atoms with Crippen LogP contribution in [0.25, 0.3) is 0 Å². The lowest BCUT2D eigenvalue weighted by Gasteiger charge is -2.17. The molecule has 6 heteroatoms. The number of methoxy groups -OCH3 is 2. The zero-order valence-electron chi connectivity index (χ0n) is 15.3. The van der Waals surface area contributed by atoms with Crippen LogP contribution in [-0.2, 0) is 11.3 Å². The van der Waals surface area contributed by atoms with Gasteiger partial charge in [-0.05, 0) is 42.3 Å². The van der Waals surface area contributed by atoms with Crippen LogP contribution in [0.5, 0.6) is 11.5 Å². The molecule has 26 heavy (non-hydrogen) atoms. The van der Waals surface area contributed by atoms with E-state index in [1.54, 1.807) is 26.4 Å². The summed E-state index contributed by atoms with van der Waals surface area (Å²) in [4.78, 5) is 10.9. The SMILES string of the molecule is COCCOc1ccc(C(C)NCc2ccc(C(=O)O)cc2)cc1OC. The van der Waals surface area contributed by atoms with Gasteiger partial charge in [0.05, 0.1) is 19.3 Å². The minimum atomic E-state index is -0.919. The summed E-state index contributed by atoms with van der Waals surface area (Å²) in [5.74, 6) is 0.445. The standard InChI is InChI=1S/C20H25NO5/c1-14(21-13-15-4-6-16(7-5-15)20(22)23)17-8-9-18(19(12-17)25-3)26-11-10-24-2/h4-9,12,14,21H,10-11,13H2,1-3H3,(H,22,23). The highest BCUT2D eigenvalue weighted by molar-refractivity contribution is 5.87. The van der Waals surface area contributed by atoms with Gasteiger partial charge < -0.3 is 24.6 Å². The average Bonchev–Trinajstić information content (AvgIpc) is 2.66. The molecule has 0 aliphatic heterocycles. The van der Waals surface area contributed by atoms with E-state index in [1.807, 2.05) is 30.3 Å². The number of ether oxygens (including phenoxy) is 3. The van der Waals surface area contributed by atoms with E-state index in [9.17, 15) is 4.79 Å². The van der Waals surface area contributed by atoms with Crippen LogP contribution in [0.2, 0.25) is 0 Å². The van der Waals surface area contributed by atoms with Crippen LogP contribution < -0.4 is 14.8 Å². The lowest BCUT2D eigenvalue weighted by Crippen LogP contribution is -2.18. The average molecular weight is 359 g/mol. The highest BCUT2D eigenvalue weighted by Crippen LogP contribution is 2.30. The number of hydrogen-bond acceptors (Lipinski definition) is 5. The maximum atomic E-state index is 10.9. The number of nitrogens with one attached hydrogen (secondary N) is 1. The maximum absolute atomic E-state index is 10.9. The summed E-state index contributed by atoms with van der Waals surface area (Å²) in [5.41, 5.74) is 2.38. The summed E-state index contributed by atoms with van der Waals surface area (Å²) in [5, 5.41) is 12.4. The number of aromatic carboxylic acids is 1. The summed E-state index contributed by atoms with van der Waals surface area (Å²) < 4.78 is 16.0. The summed E-state index contributed by atoms with van der Waals surface area (Å²) in [6.07, 6.45) is 0. The van der Waals surface area contributed by atoms with Crippen LogP contribution in [0.3, 0.4) is 0 Å². The first-order valence-corrected chi connectivity index (χ1v) is 8.40. The van der Waals surface area contributed by atoms with Crippen molar-refractivity contribution in [3.8, 4) is 11.5 Å². The van der Waals surface area contributed by atoms with Crippen molar-refractivity contribution in [2.75, 3.05) is 27.4 Å². The van der Waals surface area contributed by atoms with Crippen LogP contribution in [0.15, 0.2) is 42.5 Å². The van der Waals surface area contributed by atoms with E-state index in [0.29, 0.717) is 31.3 Å². The van der Waals surface area contributed by atoms with Gasteiger partial charge in [-0.15, -0.1) is 0 Å². The zero-order chi connectivity index (χ0) is 18.9. The molecule has 0 aromatic heterocycles. The number of benzene rings is 2. The van der Waals surface area contributed by atoms with Crippen molar-refractivity contribution in [3.05, 3.63) is 59.2 Å². The fraction of sp³-hybridized carbons (Fsp3) is 0.350. The van der Waals surface area contributed by atoms with E-state index in [4.69, 9.17) is 19.3 Å². The Balaban J connectivity index is 1.97. The molecule has 0 radical (unpaired) electrons. The van der Waals surface area contributed by atoms with Crippen molar-refractivity contribution in [2.24, 2.45) is 0 Å². The summed E-state index contributed by atoms with van der Waals surface area (Å²) in [6, 6.07) is 12.8. The number of carboxylic acid groups (broad SMARTS) is 1. The Morgan fingerprint density at radius 2 is 1.81 bits per heavy atom. The van der Waals surface area contributed by atoms with E-state index >= 15 is 0 Å². The highest BCUT2D eigenvalue weighted by Gasteiger charge is 2.11. The molecule has 0 heterocycles. The first kappa shape index (κ1) is 19.8. The molecule has 0 saturated heterocycles. The minimum Gasteiger partial charge on any atom is -0.493 e. The predicted octanol–water partition coefficient (Wildman–Crippen LogP) is 3.27. The van der Waals surface area contributed by atoms with Gasteiger partial charge in [0.15, 0.2) is 11.5 Å². The molecule has 2 N–H and O–H groups in total. The normalized spacial score (nSPS) is 11.8. The number of hydrogen-bond donors (Lipinski definition) is 2. The monoisotopic (exact) mass is 359 g/mol. The van der Waals surface area contributed by atoms with Crippen molar-refractivity contribution in [3.63, 3.8) is 0 Å². The molecule has 1 atom stereocenters. The first-order valence-electron chi connectivity index (χ1n) is 8.40. The number of carbonyl (C=O) groups is 1. The van der Waals surface area contributed by atoms with Crippen LogP contribution in [0.1, 0.15) is 34.5 Å². The Labute approximate surface area is 153 Å². The quantitative estimate of drug-likeness (QED) is 0.634. The molecule has 0 bridgehead atoms. The fourth-order valence-corrected chi connectivity index (χ4v) is 2.46. The first-order chi connectivity index (χ1) is 12.5. The topological polar surface area (TPSA) is 77.0 Å². The minimum absolute atomic E-state index is 0.0936. The summed E-state index contributed by atoms with van der Waals surface area (Å²) in [7, 11) is 3.25. The molecule has 0 aliphatic rings. The molecule has 0 amide bonds. The van der Waals surface area contributed by atoms with Crippen molar-refractivity contribution in [1.29, 1.82) is 0 Å². The van der Waals surface area contributed by atoms with E-state index < -0.39 is 5.97 Å². The smallest absolute Gasteiger partial charge is 0.335 e.